The van der Waals surface area contributed by atoms with Crippen LogP contribution in [0.2, 0.25) is 0 Å². The van der Waals surface area contributed by atoms with Crippen LogP contribution >= 0.6 is 0 Å². The molecule has 268 valence electrons. The zero-order valence-electron chi connectivity index (χ0n) is 29.9. The maximum Gasteiger partial charge on any atom is 0.414 e. The third-order valence-corrected chi connectivity index (χ3v) is 11.3. The maximum atomic E-state index is 14.0. The van der Waals surface area contributed by atoms with Gasteiger partial charge in [0.15, 0.2) is 0 Å². The highest BCUT2D eigenvalue weighted by atomic mass is 16.6. The smallest absolute Gasteiger partial charge is 0.414 e. The van der Waals surface area contributed by atoms with Crippen LogP contribution in [0.3, 0.4) is 0 Å². The molecule has 54 heavy (non-hydrogen) atoms. The van der Waals surface area contributed by atoms with Crippen LogP contribution in [0.1, 0.15) is 64.1 Å². The summed E-state index contributed by atoms with van der Waals surface area (Å²) in [6.07, 6.45) is 1.000. The van der Waals surface area contributed by atoms with Crippen LogP contribution in [-0.4, -0.2) is 36.8 Å². The minimum Gasteiger partial charge on any atom is -0.448 e. The number of carbonyl (C=O) groups excluding carboxylic acids is 2. The summed E-state index contributed by atoms with van der Waals surface area (Å²) in [5.41, 5.74) is 18.8. The lowest BCUT2D eigenvalue weighted by Gasteiger charge is -2.27. The molecule has 0 radical (unpaired) electrons. The fourth-order valence-corrected chi connectivity index (χ4v) is 8.62. The van der Waals surface area contributed by atoms with E-state index < -0.39 is 6.09 Å². The summed E-state index contributed by atoms with van der Waals surface area (Å²) in [4.78, 5) is 31.2. The largest absolute Gasteiger partial charge is 0.448 e. The molecule has 0 saturated carbocycles. The van der Waals surface area contributed by atoms with Gasteiger partial charge in [0, 0.05) is 29.8 Å². The number of amides is 2. The van der Waals surface area contributed by atoms with Crippen molar-refractivity contribution in [2.75, 3.05) is 30.4 Å². The van der Waals surface area contributed by atoms with Crippen molar-refractivity contribution in [2.24, 2.45) is 0 Å². The molecule has 7 heteroatoms. The molecule has 1 fully saturated rings. The van der Waals surface area contributed by atoms with Gasteiger partial charge in [-0.1, -0.05) is 121 Å². The molecule has 9 rings (SSSR count). The molecular weight excluding hydrogens is 671 g/mol. The Morgan fingerprint density at radius 3 is 1.61 bits per heavy atom. The molecule has 0 bridgehead atoms. The van der Waals surface area contributed by atoms with E-state index in [2.05, 4.69) is 60.7 Å². The number of fused-ring (bicyclic) bond motifs is 6. The molecule has 0 aromatic heterocycles. The number of nitrogens with two attached hydrogens (primary N) is 1. The number of ether oxygens (including phenoxy) is 2. The van der Waals surface area contributed by atoms with Gasteiger partial charge in [-0.2, -0.15) is 0 Å². The number of hydrogen-bond donors (Lipinski definition) is 1. The van der Waals surface area contributed by atoms with E-state index in [1.165, 1.54) is 44.5 Å². The van der Waals surface area contributed by atoms with Gasteiger partial charge < -0.3 is 20.1 Å². The molecule has 1 aliphatic heterocycles. The fourth-order valence-electron chi connectivity index (χ4n) is 8.62. The molecule has 3 aliphatic rings. The van der Waals surface area contributed by atoms with Crippen molar-refractivity contribution in [3.8, 4) is 22.3 Å². The zero-order chi connectivity index (χ0) is 36.6. The van der Waals surface area contributed by atoms with E-state index in [0.717, 1.165) is 24.0 Å². The van der Waals surface area contributed by atoms with E-state index in [4.69, 9.17) is 15.2 Å². The molecule has 2 amide bonds. The molecule has 2 N–H and O–H groups in total. The predicted molar refractivity (Wildman–Crippen MR) is 212 cm³/mol. The first-order valence-corrected chi connectivity index (χ1v) is 18.7. The van der Waals surface area contributed by atoms with Gasteiger partial charge in [0.05, 0.1) is 12.6 Å². The van der Waals surface area contributed by atoms with Gasteiger partial charge in [-0.25, -0.2) is 9.59 Å². The predicted octanol–water partition coefficient (Wildman–Crippen LogP) is 10.3. The molecule has 6 aromatic rings. The lowest BCUT2D eigenvalue weighted by atomic mass is 9.98. The lowest BCUT2D eigenvalue weighted by molar-refractivity contribution is 0.0956. The summed E-state index contributed by atoms with van der Waals surface area (Å²) in [6.45, 7) is 1.45. The van der Waals surface area contributed by atoms with Gasteiger partial charge in [0.1, 0.15) is 13.2 Å². The number of anilines is 2. The van der Waals surface area contributed by atoms with Crippen molar-refractivity contribution in [1.29, 1.82) is 0 Å². The highest BCUT2D eigenvalue weighted by molar-refractivity contribution is 5.88. The number of nitrogens with zero attached hydrogens (tertiary/aromatic N) is 2. The maximum absolute atomic E-state index is 14.0. The second-order valence-electron chi connectivity index (χ2n) is 14.4. The highest BCUT2D eigenvalue weighted by Gasteiger charge is 2.35. The lowest BCUT2D eigenvalue weighted by Crippen LogP contribution is -2.33. The van der Waals surface area contributed by atoms with Crippen LogP contribution in [0.4, 0.5) is 21.0 Å². The van der Waals surface area contributed by atoms with Crippen molar-refractivity contribution in [3.63, 3.8) is 0 Å². The number of rotatable bonds is 8. The number of hydrogen-bond acceptors (Lipinski definition) is 5. The summed E-state index contributed by atoms with van der Waals surface area (Å²) < 4.78 is 12.2. The van der Waals surface area contributed by atoms with Crippen LogP contribution in [0.25, 0.3) is 22.3 Å². The second-order valence-corrected chi connectivity index (χ2v) is 14.4. The Labute approximate surface area is 315 Å². The normalized spacial score (nSPS) is 15.6. The molecule has 1 heterocycles. The Bertz CT molecular complexity index is 2250. The van der Waals surface area contributed by atoms with Crippen molar-refractivity contribution < 1.29 is 19.1 Å². The molecular formula is C47H41N3O4. The first-order valence-electron chi connectivity index (χ1n) is 18.7. The molecule has 7 nitrogen and oxygen atoms in total. The van der Waals surface area contributed by atoms with E-state index in [0.29, 0.717) is 24.5 Å². The average molecular weight is 712 g/mol. The Kier molecular flexibility index (Phi) is 8.83. The second kappa shape index (κ2) is 14.2. The van der Waals surface area contributed by atoms with Crippen LogP contribution in [0.5, 0.6) is 0 Å². The Balaban J connectivity index is 0.914. The molecule has 1 unspecified atom stereocenters. The Hall–Kier alpha value is -6.34. The summed E-state index contributed by atoms with van der Waals surface area (Å²) >= 11 is 0. The zero-order valence-corrected chi connectivity index (χ0v) is 29.9. The van der Waals surface area contributed by atoms with Crippen molar-refractivity contribution in [3.05, 3.63) is 179 Å². The van der Waals surface area contributed by atoms with Crippen LogP contribution < -0.4 is 10.6 Å². The molecule has 2 aliphatic carbocycles. The van der Waals surface area contributed by atoms with Gasteiger partial charge in [-0.05, 0) is 92.7 Å². The third-order valence-electron chi connectivity index (χ3n) is 11.3. The Morgan fingerprint density at radius 2 is 1.09 bits per heavy atom. The minimum absolute atomic E-state index is 0.00615. The molecule has 0 spiro atoms. The SMILES string of the molecule is Nc1ccc(CN(C(=O)OCC2c3ccccc3-c3ccccc32)c2ccc(C3CCCN3C(=O)OCC3c4ccccc4-c4ccccc43)cc2)cc1. The standard InChI is InChI=1S/C47H41N3O4/c48-33-23-19-31(20-24-33)28-50(47(52)54-30-44-41-16-7-3-12-37(41)38-13-4-8-17-42(38)44)34-25-21-32(22-26-34)45-18-9-27-49(45)46(51)53-29-43-39-14-5-1-10-35(39)36-11-2-6-15-40(36)43/h1-8,10-17,19-26,43-45H,9,18,27-30,48H2. The van der Waals surface area contributed by atoms with Crippen LogP contribution in [0, 0.1) is 0 Å². The van der Waals surface area contributed by atoms with E-state index in [1.54, 1.807) is 4.90 Å². The first-order chi connectivity index (χ1) is 26.5. The van der Waals surface area contributed by atoms with Crippen LogP contribution in [0.15, 0.2) is 146 Å². The van der Waals surface area contributed by atoms with Gasteiger partial charge >= 0.3 is 12.2 Å². The van der Waals surface area contributed by atoms with Gasteiger partial charge in [0.2, 0.25) is 0 Å². The van der Waals surface area contributed by atoms with Crippen LogP contribution in [-0.2, 0) is 16.0 Å². The van der Waals surface area contributed by atoms with Crippen molar-refractivity contribution in [2.45, 2.75) is 37.3 Å². The third kappa shape index (κ3) is 6.15. The fraction of sp³-hybridized carbons (Fsp3) is 0.191. The molecule has 1 atom stereocenters. The number of carbonyl (C=O) groups is 2. The highest BCUT2D eigenvalue weighted by Crippen LogP contribution is 2.46. The average Bonchev–Trinajstić information content (AvgIpc) is 3.92. The van der Waals surface area contributed by atoms with E-state index in [1.807, 2.05) is 89.8 Å². The van der Waals surface area contributed by atoms with E-state index >= 15 is 0 Å². The number of likely N-dealkylation sites (tertiary alicyclic amines) is 1. The van der Waals surface area contributed by atoms with E-state index in [-0.39, 0.29) is 37.2 Å². The molecule has 6 aromatic carbocycles. The van der Waals surface area contributed by atoms with E-state index in [9.17, 15) is 9.59 Å². The minimum atomic E-state index is -0.428. The summed E-state index contributed by atoms with van der Waals surface area (Å²) in [5.74, 6) is -0.0417. The quantitative estimate of drug-likeness (QED) is 0.159. The number of nitrogen functional groups attached to an aromatic ring is 1. The summed E-state index contributed by atoms with van der Waals surface area (Å²) in [5, 5.41) is 0. The summed E-state index contributed by atoms with van der Waals surface area (Å²) in [7, 11) is 0. The number of benzene rings is 6. The monoisotopic (exact) mass is 711 g/mol. The Morgan fingerprint density at radius 1 is 0.611 bits per heavy atom. The van der Waals surface area contributed by atoms with Gasteiger partial charge in [0.25, 0.3) is 0 Å². The summed E-state index contributed by atoms with van der Waals surface area (Å²) in [6, 6.07) is 48.7. The van der Waals surface area contributed by atoms with Gasteiger partial charge in [-0.15, -0.1) is 0 Å². The molecule has 1 saturated heterocycles. The van der Waals surface area contributed by atoms with Gasteiger partial charge in [-0.3, -0.25) is 4.90 Å². The van der Waals surface area contributed by atoms with Crippen molar-refractivity contribution in [1.82, 2.24) is 4.90 Å². The topological polar surface area (TPSA) is 85.1 Å². The van der Waals surface area contributed by atoms with Crippen molar-refractivity contribution >= 4 is 23.6 Å². The first kappa shape index (κ1) is 33.5.